The zero-order chi connectivity index (χ0) is 17.3. The van der Waals surface area contributed by atoms with Crippen molar-refractivity contribution in [3.8, 4) is 11.5 Å². The van der Waals surface area contributed by atoms with Gasteiger partial charge in [-0.25, -0.2) is 0 Å². The van der Waals surface area contributed by atoms with Crippen LogP contribution in [0.25, 0.3) is 0 Å². The highest BCUT2D eigenvalue weighted by Gasteiger charge is 2.40. The van der Waals surface area contributed by atoms with Gasteiger partial charge in [0.15, 0.2) is 0 Å². The fraction of sp³-hybridized carbons (Fsp3) is 0.611. The van der Waals surface area contributed by atoms with Crippen LogP contribution in [-0.4, -0.2) is 26.2 Å². The van der Waals surface area contributed by atoms with Gasteiger partial charge in [0, 0.05) is 24.1 Å². The Kier molecular flexibility index (Phi) is 5.21. The molecule has 0 aliphatic heterocycles. The molecule has 0 saturated heterocycles. The molecule has 24 heavy (non-hydrogen) atoms. The van der Waals surface area contributed by atoms with Crippen molar-refractivity contribution in [1.82, 2.24) is 0 Å². The molecule has 0 heterocycles. The van der Waals surface area contributed by atoms with Crippen LogP contribution in [0.4, 0.5) is 5.69 Å². The first-order valence-electron chi connectivity index (χ1n) is 8.51. The molecule has 2 atom stereocenters. The largest absolute Gasteiger partial charge is 0.495 e. The summed E-state index contributed by atoms with van der Waals surface area (Å²) in [4.78, 5) is 12.8. The number of rotatable bonds is 4. The number of carbonyl (C=O) groups is 1. The van der Waals surface area contributed by atoms with Gasteiger partial charge in [0.2, 0.25) is 5.91 Å². The summed E-state index contributed by atoms with van der Waals surface area (Å²) in [5.74, 6) is 2.01. The molecule has 0 radical (unpaired) electrons. The topological polar surface area (TPSA) is 73.6 Å². The Labute approximate surface area is 147 Å². The molecule has 2 aliphatic carbocycles. The first kappa shape index (κ1) is 17.4. The van der Waals surface area contributed by atoms with Crippen molar-refractivity contribution in [3.63, 3.8) is 0 Å². The molecule has 1 amide bonds. The van der Waals surface area contributed by atoms with E-state index in [1.165, 1.54) is 6.42 Å². The van der Waals surface area contributed by atoms with Crippen LogP contribution in [0.1, 0.15) is 32.1 Å². The van der Waals surface area contributed by atoms with Gasteiger partial charge < -0.3 is 20.5 Å². The monoisotopic (exact) mass is 352 g/mol. The lowest BCUT2D eigenvalue weighted by atomic mass is 9.65. The first-order valence-corrected chi connectivity index (χ1v) is 8.89. The number of fused-ring (bicyclic) bond motifs is 2. The molecule has 2 unspecified atom stereocenters. The second kappa shape index (κ2) is 7.19. The summed E-state index contributed by atoms with van der Waals surface area (Å²) in [5.41, 5.74) is 6.90. The standard InChI is InChI=1S/C18H25ClN2O3/c1-23-15-9-14(16(24-2)8-13(15)19)21-18(22)12-6-10-4-3-5-11(7-12)17(10)20/h8-12,17H,3-7,20H2,1-2H3,(H,21,22). The van der Waals surface area contributed by atoms with E-state index in [1.807, 2.05) is 0 Å². The summed E-state index contributed by atoms with van der Waals surface area (Å²) in [6.07, 6.45) is 5.26. The lowest BCUT2D eigenvalue weighted by Crippen LogP contribution is -2.48. The third-order valence-electron chi connectivity index (χ3n) is 5.52. The number of anilines is 1. The number of halogens is 1. The number of hydrogen-bond acceptors (Lipinski definition) is 4. The van der Waals surface area contributed by atoms with Gasteiger partial charge in [0.1, 0.15) is 11.5 Å². The molecule has 2 saturated carbocycles. The Morgan fingerprint density at radius 1 is 1.17 bits per heavy atom. The van der Waals surface area contributed by atoms with Gasteiger partial charge in [0.05, 0.1) is 24.9 Å². The summed E-state index contributed by atoms with van der Waals surface area (Å²) < 4.78 is 10.6. The normalized spacial score (nSPS) is 29.0. The number of nitrogens with one attached hydrogen (secondary N) is 1. The van der Waals surface area contributed by atoms with Crippen molar-refractivity contribution < 1.29 is 14.3 Å². The average molecular weight is 353 g/mol. The van der Waals surface area contributed by atoms with Crippen molar-refractivity contribution in [2.75, 3.05) is 19.5 Å². The zero-order valence-corrected chi connectivity index (χ0v) is 14.9. The van der Waals surface area contributed by atoms with Crippen molar-refractivity contribution in [2.24, 2.45) is 23.5 Å². The van der Waals surface area contributed by atoms with Gasteiger partial charge in [-0.15, -0.1) is 0 Å². The molecule has 3 rings (SSSR count). The quantitative estimate of drug-likeness (QED) is 0.870. The number of methoxy groups -OCH3 is 2. The Morgan fingerprint density at radius 2 is 1.79 bits per heavy atom. The van der Waals surface area contributed by atoms with Crippen molar-refractivity contribution in [2.45, 2.75) is 38.1 Å². The molecule has 3 N–H and O–H groups in total. The van der Waals surface area contributed by atoms with E-state index in [1.54, 1.807) is 26.4 Å². The van der Waals surface area contributed by atoms with E-state index in [4.69, 9.17) is 26.8 Å². The van der Waals surface area contributed by atoms with E-state index in [0.29, 0.717) is 34.0 Å². The minimum absolute atomic E-state index is 0.00600. The van der Waals surface area contributed by atoms with Gasteiger partial charge in [-0.1, -0.05) is 18.0 Å². The van der Waals surface area contributed by atoms with Crippen LogP contribution in [-0.2, 0) is 4.79 Å². The van der Waals surface area contributed by atoms with Crippen molar-refractivity contribution >= 4 is 23.2 Å². The van der Waals surface area contributed by atoms with E-state index < -0.39 is 0 Å². The lowest BCUT2D eigenvalue weighted by molar-refractivity contribution is -0.122. The van der Waals surface area contributed by atoms with E-state index in [2.05, 4.69) is 5.32 Å². The molecule has 5 nitrogen and oxygen atoms in total. The van der Waals surface area contributed by atoms with Crippen molar-refractivity contribution in [3.05, 3.63) is 17.2 Å². The number of nitrogens with two attached hydrogens (primary N) is 1. The molecular formula is C18H25ClN2O3. The Hall–Kier alpha value is -1.46. The van der Waals surface area contributed by atoms with Crippen LogP contribution >= 0.6 is 11.6 Å². The van der Waals surface area contributed by atoms with Crippen molar-refractivity contribution in [1.29, 1.82) is 0 Å². The molecule has 0 spiro atoms. The first-order chi connectivity index (χ1) is 11.5. The predicted molar refractivity (Wildman–Crippen MR) is 94.7 cm³/mol. The number of benzene rings is 1. The average Bonchev–Trinajstić information content (AvgIpc) is 2.55. The highest BCUT2D eigenvalue weighted by molar-refractivity contribution is 6.32. The highest BCUT2D eigenvalue weighted by Crippen LogP contribution is 2.43. The van der Waals surface area contributed by atoms with E-state index in [-0.39, 0.29) is 17.9 Å². The molecule has 1 aromatic rings. The summed E-state index contributed by atoms with van der Waals surface area (Å²) in [5, 5.41) is 3.44. The molecule has 132 valence electrons. The van der Waals surface area contributed by atoms with E-state index in [0.717, 1.165) is 25.7 Å². The van der Waals surface area contributed by atoms with E-state index in [9.17, 15) is 4.79 Å². The highest BCUT2D eigenvalue weighted by atomic mass is 35.5. The van der Waals surface area contributed by atoms with Crippen LogP contribution in [0.15, 0.2) is 12.1 Å². The second-order valence-corrected chi connectivity index (χ2v) is 7.28. The number of carbonyl (C=O) groups excluding carboxylic acids is 1. The Balaban J connectivity index is 1.75. The predicted octanol–water partition coefficient (Wildman–Crippen LogP) is 3.45. The fourth-order valence-electron chi connectivity index (χ4n) is 4.20. The van der Waals surface area contributed by atoms with E-state index >= 15 is 0 Å². The Bertz CT molecular complexity index is 609. The van der Waals surface area contributed by atoms with Crippen LogP contribution in [0.2, 0.25) is 5.02 Å². The molecule has 2 fully saturated rings. The Morgan fingerprint density at radius 3 is 2.38 bits per heavy atom. The third-order valence-corrected chi connectivity index (χ3v) is 5.81. The fourth-order valence-corrected chi connectivity index (χ4v) is 4.43. The van der Waals surface area contributed by atoms with Crippen LogP contribution < -0.4 is 20.5 Å². The second-order valence-electron chi connectivity index (χ2n) is 6.87. The van der Waals surface area contributed by atoms with Gasteiger partial charge >= 0.3 is 0 Å². The van der Waals surface area contributed by atoms with Crippen LogP contribution in [0.5, 0.6) is 11.5 Å². The lowest BCUT2D eigenvalue weighted by Gasteiger charge is -2.43. The molecule has 6 heteroatoms. The van der Waals surface area contributed by atoms with Gasteiger partial charge in [0.25, 0.3) is 0 Å². The SMILES string of the molecule is COc1cc(NC(=O)C2CC3CCCC(C2)C3N)c(OC)cc1Cl. The summed E-state index contributed by atoms with van der Waals surface area (Å²) >= 11 is 6.11. The minimum atomic E-state index is 0.00600. The van der Waals surface area contributed by atoms with Crippen LogP contribution in [0, 0.1) is 17.8 Å². The zero-order valence-electron chi connectivity index (χ0n) is 14.2. The summed E-state index contributed by atoms with van der Waals surface area (Å²) in [6.45, 7) is 0. The van der Waals surface area contributed by atoms with Gasteiger partial charge in [-0.3, -0.25) is 4.79 Å². The number of ether oxygens (including phenoxy) is 2. The molecule has 2 bridgehead atoms. The minimum Gasteiger partial charge on any atom is -0.495 e. The summed E-state index contributed by atoms with van der Waals surface area (Å²) in [7, 11) is 3.10. The van der Waals surface area contributed by atoms with Gasteiger partial charge in [-0.05, 0) is 37.5 Å². The maximum absolute atomic E-state index is 12.8. The van der Waals surface area contributed by atoms with Crippen LogP contribution in [0.3, 0.4) is 0 Å². The molecule has 2 aliphatic rings. The molecule has 1 aromatic carbocycles. The summed E-state index contributed by atoms with van der Waals surface area (Å²) in [6, 6.07) is 3.61. The maximum Gasteiger partial charge on any atom is 0.227 e. The number of amides is 1. The third kappa shape index (κ3) is 3.33. The maximum atomic E-state index is 12.8. The molecule has 0 aromatic heterocycles. The number of hydrogen-bond donors (Lipinski definition) is 2. The van der Waals surface area contributed by atoms with Gasteiger partial charge in [-0.2, -0.15) is 0 Å². The smallest absolute Gasteiger partial charge is 0.227 e. The molecular weight excluding hydrogens is 328 g/mol.